The number of hydrogen-bond acceptors (Lipinski definition) is 2. The zero-order valence-electron chi connectivity index (χ0n) is 7.51. The molecule has 0 bridgehead atoms. The molecular formula is C10H16N2. The summed E-state index contributed by atoms with van der Waals surface area (Å²) in [7, 11) is 0. The lowest BCUT2D eigenvalue weighted by molar-refractivity contribution is 0.918. The predicted octanol–water partition coefficient (Wildman–Crippen LogP) is 0.955. The van der Waals surface area contributed by atoms with Crippen LogP contribution in [0.4, 0.5) is 0 Å². The first kappa shape index (κ1) is 9.23. The summed E-state index contributed by atoms with van der Waals surface area (Å²) in [4.78, 5) is 0. The van der Waals surface area contributed by atoms with Crippen LogP contribution in [0, 0.1) is 6.92 Å². The van der Waals surface area contributed by atoms with Gasteiger partial charge in [0.25, 0.3) is 0 Å². The Morgan fingerprint density at radius 3 is 2.58 bits per heavy atom. The maximum absolute atomic E-state index is 5.61. The van der Waals surface area contributed by atoms with Gasteiger partial charge in [-0.3, -0.25) is 0 Å². The van der Waals surface area contributed by atoms with Crippen LogP contribution >= 0.6 is 0 Å². The van der Waals surface area contributed by atoms with Crippen molar-refractivity contribution in [2.75, 3.05) is 6.54 Å². The largest absolute Gasteiger partial charge is 0.330 e. The zero-order chi connectivity index (χ0) is 8.97. The fourth-order valence-electron chi connectivity index (χ4n) is 1.46. The molecule has 0 spiro atoms. The van der Waals surface area contributed by atoms with Crippen molar-refractivity contribution in [3.05, 3.63) is 34.9 Å². The zero-order valence-corrected chi connectivity index (χ0v) is 7.51. The predicted molar refractivity (Wildman–Crippen MR) is 51.8 cm³/mol. The van der Waals surface area contributed by atoms with Gasteiger partial charge in [0.2, 0.25) is 0 Å². The lowest BCUT2D eigenvalue weighted by Crippen LogP contribution is -2.09. The number of benzene rings is 1. The minimum Gasteiger partial charge on any atom is -0.330 e. The highest BCUT2D eigenvalue weighted by molar-refractivity contribution is 5.34. The summed E-state index contributed by atoms with van der Waals surface area (Å²) in [5.74, 6) is 0. The molecule has 1 aromatic rings. The molecule has 0 saturated carbocycles. The van der Waals surface area contributed by atoms with Crippen LogP contribution in [0.3, 0.4) is 0 Å². The van der Waals surface area contributed by atoms with E-state index < -0.39 is 0 Å². The van der Waals surface area contributed by atoms with Crippen molar-refractivity contribution < 1.29 is 0 Å². The number of nitrogens with two attached hydrogens (primary N) is 2. The van der Waals surface area contributed by atoms with E-state index in [1.807, 2.05) is 6.07 Å². The smallest absolute Gasteiger partial charge is 0.0180 e. The summed E-state index contributed by atoms with van der Waals surface area (Å²) in [5.41, 5.74) is 15.0. The van der Waals surface area contributed by atoms with Crippen LogP contribution < -0.4 is 11.5 Å². The Labute approximate surface area is 73.6 Å². The summed E-state index contributed by atoms with van der Waals surface area (Å²) in [6, 6.07) is 6.21. The molecule has 12 heavy (non-hydrogen) atoms. The number of rotatable bonds is 3. The molecule has 0 fully saturated rings. The Bertz CT molecular complexity index is 256. The van der Waals surface area contributed by atoms with Gasteiger partial charge in [-0.05, 0) is 36.6 Å². The van der Waals surface area contributed by atoms with Gasteiger partial charge in [0.1, 0.15) is 0 Å². The molecule has 2 heteroatoms. The molecule has 1 rings (SSSR count). The van der Waals surface area contributed by atoms with Gasteiger partial charge in [-0.15, -0.1) is 0 Å². The number of aryl methyl sites for hydroxylation is 1. The van der Waals surface area contributed by atoms with E-state index in [4.69, 9.17) is 11.5 Å². The van der Waals surface area contributed by atoms with Gasteiger partial charge < -0.3 is 11.5 Å². The quantitative estimate of drug-likeness (QED) is 0.699. The normalized spacial score (nSPS) is 10.2. The van der Waals surface area contributed by atoms with Crippen molar-refractivity contribution in [3.63, 3.8) is 0 Å². The molecule has 0 aromatic heterocycles. The molecule has 0 heterocycles. The van der Waals surface area contributed by atoms with Crippen LogP contribution in [-0.4, -0.2) is 6.54 Å². The molecule has 66 valence electrons. The van der Waals surface area contributed by atoms with Gasteiger partial charge >= 0.3 is 0 Å². The van der Waals surface area contributed by atoms with E-state index in [1.165, 1.54) is 16.7 Å². The van der Waals surface area contributed by atoms with Gasteiger partial charge in [0, 0.05) is 6.54 Å². The van der Waals surface area contributed by atoms with Crippen LogP contribution in [0.1, 0.15) is 16.7 Å². The second-order valence-electron chi connectivity index (χ2n) is 2.96. The fraction of sp³-hybridized carbons (Fsp3) is 0.400. The first-order valence-electron chi connectivity index (χ1n) is 4.27. The van der Waals surface area contributed by atoms with Crippen molar-refractivity contribution in [2.45, 2.75) is 19.9 Å². The Hall–Kier alpha value is -0.860. The van der Waals surface area contributed by atoms with Crippen molar-refractivity contribution in [1.82, 2.24) is 0 Å². The fourth-order valence-corrected chi connectivity index (χ4v) is 1.46. The third kappa shape index (κ3) is 1.84. The van der Waals surface area contributed by atoms with Gasteiger partial charge in [0.05, 0.1) is 0 Å². The minimum absolute atomic E-state index is 0.608. The first-order chi connectivity index (χ1) is 5.79. The highest BCUT2D eigenvalue weighted by Gasteiger charge is 2.01. The maximum Gasteiger partial charge on any atom is 0.0180 e. The van der Waals surface area contributed by atoms with Crippen molar-refractivity contribution >= 4 is 0 Å². The van der Waals surface area contributed by atoms with Crippen LogP contribution in [0.15, 0.2) is 18.2 Å². The first-order valence-corrected chi connectivity index (χ1v) is 4.27. The average molecular weight is 164 g/mol. The average Bonchev–Trinajstić information content (AvgIpc) is 2.09. The Balaban J connectivity index is 3.02. The lowest BCUT2D eigenvalue weighted by Gasteiger charge is -2.09. The molecule has 0 amide bonds. The lowest BCUT2D eigenvalue weighted by atomic mass is 9.99. The van der Waals surface area contributed by atoms with E-state index in [0.717, 1.165) is 6.42 Å². The van der Waals surface area contributed by atoms with E-state index in [0.29, 0.717) is 13.1 Å². The molecule has 2 nitrogen and oxygen atoms in total. The second-order valence-corrected chi connectivity index (χ2v) is 2.96. The highest BCUT2D eigenvalue weighted by Crippen LogP contribution is 2.13. The number of hydrogen-bond donors (Lipinski definition) is 2. The monoisotopic (exact) mass is 164 g/mol. The summed E-state index contributed by atoms with van der Waals surface area (Å²) >= 11 is 0. The molecule has 0 atom stereocenters. The topological polar surface area (TPSA) is 52.0 Å². The maximum atomic E-state index is 5.61. The molecular weight excluding hydrogens is 148 g/mol. The van der Waals surface area contributed by atoms with E-state index >= 15 is 0 Å². The van der Waals surface area contributed by atoms with E-state index in [9.17, 15) is 0 Å². The molecule has 0 saturated heterocycles. The Kier molecular flexibility index (Phi) is 3.26. The van der Waals surface area contributed by atoms with Crippen LogP contribution in [0.2, 0.25) is 0 Å². The van der Waals surface area contributed by atoms with Gasteiger partial charge in [-0.1, -0.05) is 18.2 Å². The van der Waals surface area contributed by atoms with Crippen LogP contribution in [0.25, 0.3) is 0 Å². The summed E-state index contributed by atoms with van der Waals surface area (Å²) in [5, 5.41) is 0. The van der Waals surface area contributed by atoms with Crippen LogP contribution in [0.5, 0.6) is 0 Å². The van der Waals surface area contributed by atoms with Crippen molar-refractivity contribution in [3.8, 4) is 0 Å². The van der Waals surface area contributed by atoms with Crippen molar-refractivity contribution in [1.29, 1.82) is 0 Å². The molecule has 0 aliphatic rings. The standard InChI is InChI=1S/C10H16N2/c1-8-3-2-4-9(7-12)10(8)5-6-11/h2-4H,5-7,11-12H2,1H3. The summed E-state index contributed by atoms with van der Waals surface area (Å²) in [6.45, 7) is 3.40. The third-order valence-corrected chi connectivity index (χ3v) is 2.12. The summed E-state index contributed by atoms with van der Waals surface area (Å²) in [6.07, 6.45) is 0.930. The molecule has 0 aliphatic heterocycles. The Morgan fingerprint density at radius 1 is 1.25 bits per heavy atom. The SMILES string of the molecule is Cc1cccc(CN)c1CCN. The van der Waals surface area contributed by atoms with Gasteiger partial charge in [-0.25, -0.2) is 0 Å². The minimum atomic E-state index is 0.608. The van der Waals surface area contributed by atoms with Crippen LogP contribution in [-0.2, 0) is 13.0 Å². The van der Waals surface area contributed by atoms with Gasteiger partial charge in [0.15, 0.2) is 0 Å². The molecule has 0 unspecified atom stereocenters. The second kappa shape index (κ2) is 4.24. The summed E-state index contributed by atoms with van der Waals surface area (Å²) < 4.78 is 0. The van der Waals surface area contributed by atoms with E-state index in [1.54, 1.807) is 0 Å². The molecule has 0 radical (unpaired) electrons. The van der Waals surface area contributed by atoms with Crippen molar-refractivity contribution in [2.24, 2.45) is 11.5 Å². The van der Waals surface area contributed by atoms with E-state index in [2.05, 4.69) is 19.1 Å². The third-order valence-electron chi connectivity index (χ3n) is 2.12. The molecule has 0 aliphatic carbocycles. The molecule has 4 N–H and O–H groups in total. The molecule has 1 aromatic carbocycles. The van der Waals surface area contributed by atoms with Gasteiger partial charge in [-0.2, -0.15) is 0 Å². The highest BCUT2D eigenvalue weighted by atomic mass is 14.5. The van der Waals surface area contributed by atoms with E-state index in [-0.39, 0.29) is 0 Å². The Morgan fingerprint density at radius 2 is 2.00 bits per heavy atom.